The third-order valence-electron chi connectivity index (χ3n) is 3.06. The minimum absolute atomic E-state index is 0.260. The Balaban J connectivity index is 2.23. The molecule has 1 aromatic heterocycles. The third-order valence-corrected chi connectivity index (χ3v) is 3.06. The van der Waals surface area contributed by atoms with Crippen LogP contribution in [0, 0.1) is 11.7 Å². The fourth-order valence-electron chi connectivity index (χ4n) is 1.91. The zero-order valence-electron chi connectivity index (χ0n) is 8.74. The van der Waals surface area contributed by atoms with Crippen LogP contribution in [0.15, 0.2) is 18.3 Å². The molecule has 0 radical (unpaired) electrons. The van der Waals surface area contributed by atoms with Gasteiger partial charge in [0.1, 0.15) is 5.82 Å². The van der Waals surface area contributed by atoms with Gasteiger partial charge >= 0.3 is 0 Å². The fourth-order valence-corrected chi connectivity index (χ4v) is 1.91. The number of halogens is 1. The summed E-state index contributed by atoms with van der Waals surface area (Å²) in [7, 11) is 0. The smallest absolute Gasteiger partial charge is 0.141 e. The molecular weight excluding hydrogens is 195 g/mol. The number of hydrogen-bond acceptors (Lipinski definition) is 3. The lowest BCUT2D eigenvalue weighted by Gasteiger charge is -2.29. The Hall–Kier alpha value is -1.00. The van der Waals surface area contributed by atoms with Gasteiger partial charge in [-0.15, -0.1) is 0 Å². The van der Waals surface area contributed by atoms with Gasteiger partial charge in [-0.2, -0.15) is 0 Å². The van der Waals surface area contributed by atoms with E-state index in [1.807, 2.05) is 6.92 Å². The minimum atomic E-state index is -0.537. The van der Waals surface area contributed by atoms with Gasteiger partial charge in [-0.1, -0.05) is 0 Å². The number of ether oxygens (including phenoxy) is 1. The quantitative estimate of drug-likeness (QED) is 0.803. The summed E-state index contributed by atoms with van der Waals surface area (Å²) < 4.78 is 18.0. The third kappa shape index (κ3) is 2.01. The molecule has 0 bridgehead atoms. The molecule has 2 N–H and O–H groups in total. The average Bonchev–Trinajstić information content (AvgIpc) is 2.71. The van der Waals surface area contributed by atoms with Crippen molar-refractivity contribution in [2.45, 2.75) is 18.9 Å². The van der Waals surface area contributed by atoms with Gasteiger partial charge in [0.2, 0.25) is 0 Å². The number of rotatable bonds is 2. The van der Waals surface area contributed by atoms with E-state index in [-0.39, 0.29) is 11.7 Å². The second kappa shape index (κ2) is 3.87. The Morgan fingerprint density at radius 1 is 1.60 bits per heavy atom. The van der Waals surface area contributed by atoms with Gasteiger partial charge in [0, 0.05) is 12.5 Å². The molecular formula is C11H15FN2O. The lowest BCUT2D eigenvalue weighted by molar-refractivity contribution is 0.165. The maximum Gasteiger partial charge on any atom is 0.141 e. The molecule has 15 heavy (non-hydrogen) atoms. The normalized spacial score (nSPS) is 25.1. The summed E-state index contributed by atoms with van der Waals surface area (Å²) in [6, 6.07) is 3.04. The minimum Gasteiger partial charge on any atom is -0.381 e. The van der Waals surface area contributed by atoms with E-state index in [9.17, 15) is 4.39 Å². The number of nitrogens with two attached hydrogens (primary N) is 1. The van der Waals surface area contributed by atoms with E-state index < -0.39 is 5.54 Å². The molecule has 4 heteroatoms. The zero-order valence-corrected chi connectivity index (χ0v) is 8.74. The summed E-state index contributed by atoms with van der Waals surface area (Å²) in [6.45, 7) is 3.33. The van der Waals surface area contributed by atoms with Crippen LogP contribution in [0.3, 0.4) is 0 Å². The predicted molar refractivity (Wildman–Crippen MR) is 54.7 cm³/mol. The highest BCUT2D eigenvalue weighted by atomic mass is 19.1. The maximum absolute atomic E-state index is 12.7. The highest BCUT2D eigenvalue weighted by Crippen LogP contribution is 2.31. The molecule has 2 rings (SSSR count). The van der Waals surface area contributed by atoms with E-state index in [0.29, 0.717) is 6.61 Å². The Kier molecular flexibility index (Phi) is 2.71. The Bertz CT molecular complexity index is 331. The van der Waals surface area contributed by atoms with E-state index in [2.05, 4.69) is 4.98 Å². The molecule has 1 aromatic rings. The standard InChI is InChI=1S/C11H15FN2O/c1-11(13,8-4-5-15-7-8)10-3-2-9(12)6-14-10/h2-3,6,8H,4-5,7,13H2,1H3. The summed E-state index contributed by atoms with van der Waals surface area (Å²) in [4.78, 5) is 4.04. The molecule has 0 spiro atoms. The van der Waals surface area contributed by atoms with Crippen LogP contribution in [-0.2, 0) is 10.3 Å². The Morgan fingerprint density at radius 3 is 2.93 bits per heavy atom. The van der Waals surface area contributed by atoms with E-state index in [1.54, 1.807) is 6.07 Å². The summed E-state index contributed by atoms with van der Waals surface area (Å²) in [5.41, 5.74) is 6.41. The second-order valence-corrected chi connectivity index (χ2v) is 4.20. The number of aromatic nitrogens is 1. The monoisotopic (exact) mass is 210 g/mol. The molecule has 2 heterocycles. The molecule has 1 aliphatic rings. The molecule has 0 saturated carbocycles. The SMILES string of the molecule is CC(N)(c1ccc(F)cn1)C1CCOC1. The molecule has 0 amide bonds. The van der Waals surface area contributed by atoms with Gasteiger partial charge in [-0.25, -0.2) is 4.39 Å². The maximum atomic E-state index is 12.7. The fraction of sp³-hybridized carbons (Fsp3) is 0.545. The van der Waals surface area contributed by atoms with E-state index in [1.165, 1.54) is 12.3 Å². The molecule has 3 nitrogen and oxygen atoms in total. The summed E-state index contributed by atoms with van der Waals surface area (Å²) in [5, 5.41) is 0. The molecule has 2 unspecified atom stereocenters. The first-order valence-electron chi connectivity index (χ1n) is 5.09. The van der Waals surface area contributed by atoms with Gasteiger partial charge in [-0.05, 0) is 25.5 Å². The van der Waals surface area contributed by atoms with Crippen LogP contribution in [-0.4, -0.2) is 18.2 Å². The summed E-state index contributed by atoms with van der Waals surface area (Å²) in [6.07, 6.45) is 2.14. The lowest BCUT2D eigenvalue weighted by atomic mass is 9.83. The highest BCUT2D eigenvalue weighted by Gasteiger charge is 2.35. The number of pyridine rings is 1. The van der Waals surface area contributed by atoms with Crippen molar-refractivity contribution in [3.05, 3.63) is 29.8 Å². The molecule has 1 aliphatic heterocycles. The number of nitrogens with zero attached hydrogens (tertiary/aromatic N) is 1. The van der Waals surface area contributed by atoms with Crippen molar-refractivity contribution >= 4 is 0 Å². The van der Waals surface area contributed by atoms with Gasteiger partial charge in [0.25, 0.3) is 0 Å². The van der Waals surface area contributed by atoms with Crippen LogP contribution in [0.5, 0.6) is 0 Å². The van der Waals surface area contributed by atoms with Crippen molar-refractivity contribution in [2.24, 2.45) is 11.7 Å². The second-order valence-electron chi connectivity index (χ2n) is 4.20. The largest absolute Gasteiger partial charge is 0.381 e. The van der Waals surface area contributed by atoms with Gasteiger partial charge in [0.15, 0.2) is 0 Å². The van der Waals surface area contributed by atoms with Gasteiger partial charge < -0.3 is 10.5 Å². The van der Waals surface area contributed by atoms with Crippen molar-refractivity contribution in [1.29, 1.82) is 0 Å². The van der Waals surface area contributed by atoms with Gasteiger partial charge in [-0.3, -0.25) is 4.98 Å². The predicted octanol–water partition coefficient (Wildman–Crippen LogP) is 1.43. The molecule has 2 atom stereocenters. The van der Waals surface area contributed by atoms with Crippen molar-refractivity contribution in [2.75, 3.05) is 13.2 Å². The van der Waals surface area contributed by atoms with E-state index in [0.717, 1.165) is 18.7 Å². The van der Waals surface area contributed by atoms with Crippen LogP contribution in [0.2, 0.25) is 0 Å². The number of hydrogen-bond donors (Lipinski definition) is 1. The lowest BCUT2D eigenvalue weighted by Crippen LogP contribution is -2.42. The highest BCUT2D eigenvalue weighted by molar-refractivity contribution is 5.16. The molecule has 1 fully saturated rings. The van der Waals surface area contributed by atoms with Crippen molar-refractivity contribution < 1.29 is 9.13 Å². The molecule has 82 valence electrons. The van der Waals surface area contributed by atoms with Crippen LogP contribution in [0.4, 0.5) is 4.39 Å². The van der Waals surface area contributed by atoms with E-state index >= 15 is 0 Å². The van der Waals surface area contributed by atoms with Crippen LogP contribution >= 0.6 is 0 Å². The molecule has 0 aliphatic carbocycles. The van der Waals surface area contributed by atoms with Crippen LogP contribution < -0.4 is 5.73 Å². The first-order valence-corrected chi connectivity index (χ1v) is 5.09. The van der Waals surface area contributed by atoms with Crippen molar-refractivity contribution in [3.8, 4) is 0 Å². The first-order chi connectivity index (χ1) is 7.10. The first kappa shape index (κ1) is 10.5. The molecule has 0 aromatic carbocycles. The van der Waals surface area contributed by atoms with Crippen LogP contribution in [0.25, 0.3) is 0 Å². The molecule has 1 saturated heterocycles. The average molecular weight is 210 g/mol. The van der Waals surface area contributed by atoms with Crippen molar-refractivity contribution in [3.63, 3.8) is 0 Å². The summed E-state index contributed by atoms with van der Waals surface area (Å²) in [5.74, 6) is -0.0762. The zero-order chi connectivity index (χ0) is 10.9. The Labute approximate surface area is 88.5 Å². The van der Waals surface area contributed by atoms with Gasteiger partial charge in [0.05, 0.1) is 24.0 Å². The Morgan fingerprint density at radius 2 is 2.40 bits per heavy atom. The topological polar surface area (TPSA) is 48.1 Å². The van der Waals surface area contributed by atoms with E-state index in [4.69, 9.17) is 10.5 Å². The summed E-state index contributed by atoms with van der Waals surface area (Å²) >= 11 is 0. The van der Waals surface area contributed by atoms with Crippen LogP contribution in [0.1, 0.15) is 19.0 Å². The van der Waals surface area contributed by atoms with Crippen molar-refractivity contribution in [1.82, 2.24) is 4.98 Å².